The summed E-state index contributed by atoms with van der Waals surface area (Å²) in [4.78, 5) is 37.7. The van der Waals surface area contributed by atoms with Gasteiger partial charge in [0, 0.05) is 42.5 Å². The number of benzene rings is 2. The molecule has 0 unspecified atom stereocenters. The number of halogens is 2. The number of rotatable bonds is 6. The summed E-state index contributed by atoms with van der Waals surface area (Å²) in [7, 11) is 1.57. The summed E-state index contributed by atoms with van der Waals surface area (Å²) >= 11 is 1.13. The van der Waals surface area contributed by atoms with E-state index in [1.807, 2.05) is 0 Å². The number of thiophene rings is 1. The topological polar surface area (TPSA) is 77.4 Å². The van der Waals surface area contributed by atoms with E-state index in [-0.39, 0.29) is 28.7 Å². The van der Waals surface area contributed by atoms with Crippen molar-refractivity contribution < 1.29 is 23.1 Å². The van der Waals surface area contributed by atoms with E-state index >= 15 is 0 Å². The van der Waals surface area contributed by atoms with Gasteiger partial charge < -0.3 is 14.6 Å². The maximum absolute atomic E-state index is 14.3. The van der Waals surface area contributed by atoms with Crippen LogP contribution in [0.2, 0.25) is 0 Å². The third-order valence-electron chi connectivity index (χ3n) is 5.20. The number of amides is 1. The summed E-state index contributed by atoms with van der Waals surface area (Å²) in [6, 6.07) is 9.13. The fraction of sp³-hybridized carbons (Fsp3) is 0.160. The lowest BCUT2D eigenvalue weighted by molar-refractivity contribution is 0.0958. The van der Waals surface area contributed by atoms with E-state index in [9.17, 15) is 23.2 Å². The molecule has 4 aromatic rings. The van der Waals surface area contributed by atoms with Gasteiger partial charge in [-0.15, -0.1) is 11.3 Å². The van der Waals surface area contributed by atoms with Crippen LogP contribution in [0.3, 0.4) is 0 Å². The molecule has 0 bridgehead atoms. The minimum Gasteiger partial charge on any atom is -0.454 e. The number of fused-ring (bicyclic) bond motifs is 1. The Bertz CT molecular complexity index is 1510. The standard InChI is InChI=1S/C25H20F2N2O4S/c1-4-28-24(31)22-11-17-23(34-22)18(12-29(3)25(17)32)16-9-14(13(2)30)5-7-20(16)33-21-8-6-15(26)10-19(21)27/h5-12H,4H2,1-3H3,(H,28,31). The highest BCUT2D eigenvalue weighted by Crippen LogP contribution is 2.40. The fourth-order valence-electron chi connectivity index (χ4n) is 3.53. The lowest BCUT2D eigenvalue weighted by atomic mass is 10.0. The molecule has 0 aliphatic carbocycles. The van der Waals surface area contributed by atoms with Crippen LogP contribution in [0.25, 0.3) is 21.2 Å². The molecule has 1 amide bonds. The van der Waals surface area contributed by atoms with Crippen molar-refractivity contribution in [3.63, 3.8) is 0 Å². The number of nitrogens with one attached hydrogen (secondary N) is 1. The van der Waals surface area contributed by atoms with Gasteiger partial charge in [0.2, 0.25) is 0 Å². The molecule has 9 heteroatoms. The van der Waals surface area contributed by atoms with Gasteiger partial charge in [-0.1, -0.05) is 0 Å². The fourth-order valence-corrected chi connectivity index (χ4v) is 4.62. The van der Waals surface area contributed by atoms with Crippen LogP contribution >= 0.6 is 11.3 Å². The molecular formula is C25H20F2N2O4S. The Morgan fingerprint density at radius 2 is 1.79 bits per heavy atom. The van der Waals surface area contributed by atoms with Crippen LogP contribution in [0.4, 0.5) is 8.78 Å². The smallest absolute Gasteiger partial charge is 0.261 e. The number of aromatic nitrogens is 1. The summed E-state index contributed by atoms with van der Waals surface area (Å²) in [5.41, 5.74) is 1.03. The number of carbonyl (C=O) groups excluding carboxylic acids is 2. The summed E-state index contributed by atoms with van der Waals surface area (Å²) in [5.74, 6) is -2.14. The van der Waals surface area contributed by atoms with Crippen LogP contribution in [0.15, 0.2) is 53.5 Å². The van der Waals surface area contributed by atoms with Crippen molar-refractivity contribution in [2.45, 2.75) is 13.8 Å². The van der Waals surface area contributed by atoms with Crippen molar-refractivity contribution in [3.05, 3.63) is 81.1 Å². The number of ether oxygens (including phenoxy) is 1. The lowest BCUT2D eigenvalue weighted by Crippen LogP contribution is -2.21. The first kappa shape index (κ1) is 23.3. The van der Waals surface area contributed by atoms with Crippen LogP contribution in [-0.4, -0.2) is 22.8 Å². The van der Waals surface area contributed by atoms with Gasteiger partial charge in [0.25, 0.3) is 11.5 Å². The SMILES string of the molecule is CCNC(=O)c1cc2c(=O)n(C)cc(-c3cc(C(C)=O)ccc3Oc3ccc(F)cc3F)c2s1. The van der Waals surface area contributed by atoms with E-state index in [0.29, 0.717) is 44.3 Å². The minimum atomic E-state index is -0.887. The number of ketones is 1. The summed E-state index contributed by atoms with van der Waals surface area (Å²) in [5, 5.41) is 3.05. The molecule has 0 saturated carbocycles. The molecule has 2 aromatic carbocycles. The molecule has 34 heavy (non-hydrogen) atoms. The van der Waals surface area contributed by atoms with Crippen molar-refractivity contribution in [1.29, 1.82) is 0 Å². The molecule has 0 aliphatic rings. The van der Waals surface area contributed by atoms with E-state index in [2.05, 4.69) is 5.32 Å². The van der Waals surface area contributed by atoms with Crippen molar-refractivity contribution in [3.8, 4) is 22.6 Å². The quantitative estimate of drug-likeness (QED) is 0.379. The molecule has 0 spiro atoms. The first-order valence-electron chi connectivity index (χ1n) is 10.4. The van der Waals surface area contributed by atoms with Crippen molar-refractivity contribution in [2.75, 3.05) is 6.54 Å². The maximum Gasteiger partial charge on any atom is 0.261 e. The zero-order valence-corrected chi connectivity index (χ0v) is 19.4. The van der Waals surface area contributed by atoms with Gasteiger partial charge >= 0.3 is 0 Å². The highest BCUT2D eigenvalue weighted by molar-refractivity contribution is 7.21. The monoisotopic (exact) mass is 482 g/mol. The predicted octanol–water partition coefficient (Wildman–Crippen LogP) is 5.29. The number of aryl methyl sites for hydroxylation is 1. The van der Waals surface area contributed by atoms with E-state index in [1.165, 1.54) is 35.8 Å². The highest BCUT2D eigenvalue weighted by atomic mass is 32.1. The van der Waals surface area contributed by atoms with Crippen molar-refractivity contribution >= 4 is 33.1 Å². The van der Waals surface area contributed by atoms with Crippen LogP contribution in [0.1, 0.15) is 33.9 Å². The van der Waals surface area contributed by atoms with Gasteiger partial charge in [0.15, 0.2) is 17.3 Å². The number of hydrogen-bond acceptors (Lipinski definition) is 5. The van der Waals surface area contributed by atoms with Crippen molar-refractivity contribution in [2.24, 2.45) is 7.05 Å². The Labute approximate surface area is 197 Å². The zero-order valence-electron chi connectivity index (χ0n) is 18.6. The van der Waals surface area contributed by atoms with Crippen LogP contribution in [0.5, 0.6) is 11.5 Å². The van der Waals surface area contributed by atoms with E-state index in [1.54, 1.807) is 26.2 Å². The van der Waals surface area contributed by atoms with Gasteiger partial charge in [-0.05, 0) is 50.2 Å². The largest absolute Gasteiger partial charge is 0.454 e. The number of pyridine rings is 1. The molecule has 0 saturated heterocycles. The molecule has 0 fully saturated rings. The molecule has 0 atom stereocenters. The Morgan fingerprint density at radius 1 is 1.06 bits per heavy atom. The molecule has 2 heterocycles. The third-order valence-corrected chi connectivity index (χ3v) is 6.37. The Hall–Kier alpha value is -3.85. The normalized spacial score (nSPS) is 11.0. The minimum absolute atomic E-state index is 0.198. The molecule has 2 aromatic heterocycles. The molecule has 174 valence electrons. The number of Topliss-reactive ketones (excluding diaryl/α,β-unsaturated/α-hetero) is 1. The van der Waals surface area contributed by atoms with E-state index < -0.39 is 11.6 Å². The second-order valence-electron chi connectivity index (χ2n) is 7.62. The number of nitrogens with zero attached hydrogens (tertiary/aromatic N) is 1. The zero-order chi connectivity index (χ0) is 24.6. The Balaban J connectivity index is 1.96. The summed E-state index contributed by atoms with van der Waals surface area (Å²) < 4.78 is 35.3. The molecule has 1 N–H and O–H groups in total. The summed E-state index contributed by atoms with van der Waals surface area (Å²) in [6.45, 7) is 3.63. The second-order valence-corrected chi connectivity index (χ2v) is 8.67. The van der Waals surface area contributed by atoms with E-state index in [4.69, 9.17) is 4.74 Å². The van der Waals surface area contributed by atoms with E-state index in [0.717, 1.165) is 17.4 Å². The molecule has 0 aliphatic heterocycles. The second kappa shape index (κ2) is 9.18. The highest BCUT2D eigenvalue weighted by Gasteiger charge is 2.20. The van der Waals surface area contributed by atoms with Crippen LogP contribution in [0, 0.1) is 11.6 Å². The van der Waals surface area contributed by atoms with Gasteiger partial charge in [-0.25, -0.2) is 8.78 Å². The average molecular weight is 483 g/mol. The maximum atomic E-state index is 14.3. The Morgan fingerprint density at radius 3 is 2.47 bits per heavy atom. The van der Waals surface area contributed by atoms with Gasteiger partial charge in [-0.3, -0.25) is 14.4 Å². The number of carbonyl (C=O) groups is 2. The van der Waals surface area contributed by atoms with Crippen molar-refractivity contribution in [1.82, 2.24) is 9.88 Å². The third kappa shape index (κ3) is 4.34. The Kier molecular flexibility index (Phi) is 6.30. The number of hydrogen-bond donors (Lipinski definition) is 1. The predicted molar refractivity (Wildman–Crippen MR) is 127 cm³/mol. The van der Waals surface area contributed by atoms with Gasteiger partial charge in [0.1, 0.15) is 11.6 Å². The average Bonchev–Trinajstić information content (AvgIpc) is 3.24. The molecule has 0 radical (unpaired) electrons. The summed E-state index contributed by atoms with van der Waals surface area (Å²) in [6.07, 6.45) is 1.58. The van der Waals surface area contributed by atoms with Gasteiger partial charge in [0.05, 0.1) is 15.0 Å². The molecule has 6 nitrogen and oxygen atoms in total. The van der Waals surface area contributed by atoms with Gasteiger partial charge in [-0.2, -0.15) is 0 Å². The van der Waals surface area contributed by atoms with Crippen LogP contribution in [-0.2, 0) is 7.05 Å². The first-order chi connectivity index (χ1) is 16.2. The molecule has 4 rings (SSSR count). The molecular weight excluding hydrogens is 462 g/mol. The first-order valence-corrected chi connectivity index (χ1v) is 11.2. The van der Waals surface area contributed by atoms with Crippen LogP contribution < -0.4 is 15.6 Å². The lowest BCUT2D eigenvalue weighted by Gasteiger charge is -2.15.